The number of para-hydroxylation sites is 1. The number of morpholine rings is 1. The van der Waals surface area contributed by atoms with Gasteiger partial charge in [0.15, 0.2) is 0 Å². The van der Waals surface area contributed by atoms with E-state index in [-0.39, 0.29) is 12.0 Å². The van der Waals surface area contributed by atoms with Crippen molar-refractivity contribution in [2.24, 2.45) is 0 Å². The third-order valence-electron chi connectivity index (χ3n) is 4.25. The summed E-state index contributed by atoms with van der Waals surface area (Å²) in [5, 5.41) is 3.27. The van der Waals surface area contributed by atoms with Crippen LogP contribution in [-0.2, 0) is 9.53 Å². The number of carbonyl (C=O) groups is 1. The summed E-state index contributed by atoms with van der Waals surface area (Å²) in [6.07, 6.45) is 1.52. The van der Waals surface area contributed by atoms with E-state index in [0.29, 0.717) is 18.9 Å². The van der Waals surface area contributed by atoms with E-state index in [1.54, 1.807) is 0 Å². The summed E-state index contributed by atoms with van der Waals surface area (Å²) in [4.78, 5) is 14.5. The van der Waals surface area contributed by atoms with Gasteiger partial charge in [0.1, 0.15) is 0 Å². The number of hydrogen-bond acceptors (Lipinski definition) is 3. The number of amides is 1. The highest BCUT2D eigenvalue weighted by Crippen LogP contribution is 2.35. The molecule has 20 heavy (non-hydrogen) atoms. The second-order valence-electron chi connectivity index (χ2n) is 5.69. The molecule has 1 amide bonds. The Morgan fingerprint density at radius 1 is 1.45 bits per heavy atom. The molecule has 3 rings (SSSR count). The largest absolute Gasteiger partial charge is 0.375 e. The lowest BCUT2D eigenvalue weighted by Gasteiger charge is -2.34. The van der Waals surface area contributed by atoms with Crippen LogP contribution in [0.15, 0.2) is 24.3 Å². The molecule has 108 valence electrons. The van der Waals surface area contributed by atoms with Crippen LogP contribution in [0.1, 0.15) is 31.2 Å². The second-order valence-corrected chi connectivity index (χ2v) is 5.69. The first-order chi connectivity index (χ1) is 9.75. The lowest BCUT2D eigenvalue weighted by atomic mass is 9.91. The predicted molar refractivity (Wildman–Crippen MR) is 79.1 cm³/mol. The Morgan fingerprint density at radius 3 is 3.10 bits per heavy atom. The average Bonchev–Trinajstić information content (AvgIpc) is 2.49. The fourth-order valence-corrected chi connectivity index (χ4v) is 3.06. The van der Waals surface area contributed by atoms with Crippen molar-refractivity contribution in [1.82, 2.24) is 5.32 Å². The van der Waals surface area contributed by atoms with E-state index in [9.17, 15) is 4.79 Å². The molecule has 0 spiro atoms. The van der Waals surface area contributed by atoms with Crippen LogP contribution in [-0.4, -0.2) is 38.3 Å². The molecule has 1 fully saturated rings. The summed E-state index contributed by atoms with van der Waals surface area (Å²) in [5.41, 5.74) is 2.37. The van der Waals surface area contributed by atoms with Gasteiger partial charge < -0.3 is 15.0 Å². The summed E-state index contributed by atoms with van der Waals surface area (Å²) in [6, 6.07) is 8.26. The molecule has 4 heteroatoms. The van der Waals surface area contributed by atoms with Gasteiger partial charge in [0.05, 0.1) is 19.1 Å². The number of carbonyl (C=O) groups excluding carboxylic acids is 1. The van der Waals surface area contributed by atoms with Crippen molar-refractivity contribution in [1.29, 1.82) is 0 Å². The maximum Gasteiger partial charge on any atom is 0.229 e. The first-order valence-electron chi connectivity index (χ1n) is 7.47. The monoisotopic (exact) mass is 274 g/mol. The Kier molecular flexibility index (Phi) is 4.03. The van der Waals surface area contributed by atoms with Gasteiger partial charge in [0.2, 0.25) is 5.91 Å². The standard InChI is InChI=1S/C16H22N2O2/c1-12-6-8-18(15-5-3-2-4-14(12)15)16(19)10-13-11-17-7-9-20-13/h2-5,12-13,17H,6-11H2,1H3. The molecule has 0 bridgehead atoms. The highest BCUT2D eigenvalue weighted by atomic mass is 16.5. The van der Waals surface area contributed by atoms with E-state index in [0.717, 1.165) is 31.7 Å². The van der Waals surface area contributed by atoms with Crippen LogP contribution in [0.4, 0.5) is 5.69 Å². The molecule has 1 aromatic rings. The van der Waals surface area contributed by atoms with Crippen LogP contribution in [0.3, 0.4) is 0 Å². The molecule has 2 atom stereocenters. The van der Waals surface area contributed by atoms with Crippen LogP contribution < -0.4 is 10.2 Å². The average molecular weight is 274 g/mol. The van der Waals surface area contributed by atoms with Crippen molar-refractivity contribution in [3.05, 3.63) is 29.8 Å². The van der Waals surface area contributed by atoms with Gasteiger partial charge >= 0.3 is 0 Å². The lowest BCUT2D eigenvalue weighted by Crippen LogP contribution is -2.43. The molecule has 2 aliphatic heterocycles. The smallest absolute Gasteiger partial charge is 0.229 e. The maximum absolute atomic E-state index is 12.6. The normalized spacial score (nSPS) is 26.1. The van der Waals surface area contributed by atoms with E-state index in [2.05, 4.69) is 30.4 Å². The molecule has 0 aliphatic carbocycles. The first kappa shape index (κ1) is 13.6. The summed E-state index contributed by atoms with van der Waals surface area (Å²) >= 11 is 0. The van der Waals surface area contributed by atoms with Gasteiger partial charge in [-0.05, 0) is 24.0 Å². The molecule has 0 aromatic heterocycles. The molecule has 2 aliphatic rings. The Hall–Kier alpha value is -1.39. The molecule has 1 saturated heterocycles. The number of hydrogen-bond donors (Lipinski definition) is 1. The van der Waals surface area contributed by atoms with Gasteiger partial charge in [-0.2, -0.15) is 0 Å². The molecule has 0 radical (unpaired) electrons. The van der Waals surface area contributed by atoms with Crippen LogP contribution in [0, 0.1) is 0 Å². The Bertz CT molecular complexity index is 483. The third-order valence-corrected chi connectivity index (χ3v) is 4.25. The van der Waals surface area contributed by atoms with Crippen molar-refractivity contribution in [3.8, 4) is 0 Å². The first-order valence-corrected chi connectivity index (χ1v) is 7.47. The molecule has 0 saturated carbocycles. The lowest BCUT2D eigenvalue weighted by molar-refractivity contribution is -0.122. The zero-order valence-electron chi connectivity index (χ0n) is 12.0. The number of rotatable bonds is 2. The number of fused-ring (bicyclic) bond motifs is 1. The van der Waals surface area contributed by atoms with E-state index < -0.39 is 0 Å². The SMILES string of the molecule is CC1CCN(C(=O)CC2CNCCO2)c2ccccc21. The third kappa shape index (κ3) is 2.72. The fraction of sp³-hybridized carbons (Fsp3) is 0.562. The van der Waals surface area contributed by atoms with Crippen molar-refractivity contribution < 1.29 is 9.53 Å². The predicted octanol–water partition coefficient (Wildman–Crippen LogP) is 1.91. The number of benzene rings is 1. The molecule has 1 N–H and O–H groups in total. The molecule has 1 aromatic carbocycles. The fourth-order valence-electron chi connectivity index (χ4n) is 3.06. The summed E-state index contributed by atoms with van der Waals surface area (Å²) < 4.78 is 5.64. The minimum absolute atomic E-state index is 0.0164. The Labute approximate surface area is 120 Å². The number of nitrogens with zero attached hydrogens (tertiary/aromatic N) is 1. The quantitative estimate of drug-likeness (QED) is 0.895. The topological polar surface area (TPSA) is 41.6 Å². The van der Waals surface area contributed by atoms with Crippen molar-refractivity contribution in [2.45, 2.75) is 31.8 Å². The highest BCUT2D eigenvalue weighted by Gasteiger charge is 2.28. The van der Waals surface area contributed by atoms with Gasteiger partial charge in [-0.3, -0.25) is 4.79 Å². The highest BCUT2D eigenvalue weighted by molar-refractivity contribution is 5.95. The second kappa shape index (κ2) is 5.94. The van der Waals surface area contributed by atoms with Crippen molar-refractivity contribution >= 4 is 11.6 Å². The minimum Gasteiger partial charge on any atom is -0.375 e. The molecular formula is C16H22N2O2. The van der Waals surface area contributed by atoms with E-state index in [4.69, 9.17) is 4.74 Å². The maximum atomic E-state index is 12.6. The van der Waals surface area contributed by atoms with E-state index in [1.807, 2.05) is 11.0 Å². The van der Waals surface area contributed by atoms with Gasteiger partial charge in [0, 0.05) is 25.3 Å². The van der Waals surface area contributed by atoms with Crippen LogP contribution >= 0.6 is 0 Å². The number of ether oxygens (including phenoxy) is 1. The Morgan fingerprint density at radius 2 is 2.30 bits per heavy atom. The Balaban J connectivity index is 1.73. The summed E-state index contributed by atoms with van der Waals surface area (Å²) in [5.74, 6) is 0.709. The summed E-state index contributed by atoms with van der Waals surface area (Å²) in [7, 11) is 0. The van der Waals surface area contributed by atoms with Crippen LogP contribution in [0.5, 0.6) is 0 Å². The zero-order valence-corrected chi connectivity index (χ0v) is 12.0. The zero-order chi connectivity index (χ0) is 13.9. The van der Waals surface area contributed by atoms with E-state index >= 15 is 0 Å². The molecule has 2 heterocycles. The van der Waals surface area contributed by atoms with Crippen LogP contribution in [0.2, 0.25) is 0 Å². The van der Waals surface area contributed by atoms with Gasteiger partial charge in [-0.15, -0.1) is 0 Å². The van der Waals surface area contributed by atoms with Crippen molar-refractivity contribution in [2.75, 3.05) is 31.1 Å². The number of nitrogens with one attached hydrogen (secondary N) is 1. The van der Waals surface area contributed by atoms with E-state index in [1.165, 1.54) is 5.56 Å². The van der Waals surface area contributed by atoms with Crippen LogP contribution in [0.25, 0.3) is 0 Å². The summed E-state index contributed by atoms with van der Waals surface area (Å²) in [6.45, 7) is 5.41. The molecule has 2 unspecified atom stereocenters. The molecule has 4 nitrogen and oxygen atoms in total. The number of anilines is 1. The van der Waals surface area contributed by atoms with Gasteiger partial charge in [-0.25, -0.2) is 0 Å². The van der Waals surface area contributed by atoms with Gasteiger partial charge in [-0.1, -0.05) is 25.1 Å². The van der Waals surface area contributed by atoms with Gasteiger partial charge in [0.25, 0.3) is 0 Å². The van der Waals surface area contributed by atoms with Crippen molar-refractivity contribution in [3.63, 3.8) is 0 Å². The molecular weight excluding hydrogens is 252 g/mol. The minimum atomic E-state index is 0.0164.